The van der Waals surface area contributed by atoms with E-state index in [4.69, 9.17) is 10.5 Å². The van der Waals surface area contributed by atoms with E-state index in [0.717, 1.165) is 19.5 Å². The van der Waals surface area contributed by atoms with E-state index in [1.165, 1.54) is 12.8 Å². The minimum Gasteiger partial charge on any atom is -0.460 e. The summed E-state index contributed by atoms with van der Waals surface area (Å²) in [6, 6.07) is 0.328. The van der Waals surface area contributed by atoms with Crippen LogP contribution in [0.1, 0.15) is 33.1 Å². The van der Waals surface area contributed by atoms with Crippen LogP contribution in [0.25, 0.3) is 0 Å². The Morgan fingerprint density at radius 3 is 2.65 bits per heavy atom. The molecule has 1 aliphatic heterocycles. The summed E-state index contributed by atoms with van der Waals surface area (Å²) in [4.78, 5) is 14.6. The van der Waals surface area contributed by atoms with E-state index in [-0.39, 0.29) is 12.1 Å². The van der Waals surface area contributed by atoms with Crippen LogP contribution in [0.4, 0.5) is 11.9 Å². The molecule has 1 aromatic heterocycles. The second kappa shape index (κ2) is 5.16. The van der Waals surface area contributed by atoms with Crippen molar-refractivity contribution in [3.05, 3.63) is 0 Å². The first-order chi connectivity index (χ1) is 8.19. The van der Waals surface area contributed by atoms with Gasteiger partial charge < -0.3 is 15.4 Å². The van der Waals surface area contributed by atoms with Gasteiger partial charge in [0.05, 0.1) is 6.10 Å². The molecule has 1 aromatic rings. The molecule has 1 atom stereocenters. The summed E-state index contributed by atoms with van der Waals surface area (Å²) >= 11 is 0. The van der Waals surface area contributed by atoms with E-state index in [1.807, 2.05) is 6.92 Å². The van der Waals surface area contributed by atoms with Gasteiger partial charge in [-0.1, -0.05) is 6.92 Å². The molecule has 0 radical (unpaired) electrons. The molecule has 2 rings (SSSR count). The van der Waals surface area contributed by atoms with Gasteiger partial charge in [-0.2, -0.15) is 15.0 Å². The fourth-order valence-electron chi connectivity index (χ4n) is 1.74. The van der Waals surface area contributed by atoms with Crippen LogP contribution in [-0.2, 0) is 0 Å². The number of ether oxygens (including phenoxy) is 1. The Labute approximate surface area is 101 Å². The van der Waals surface area contributed by atoms with Crippen molar-refractivity contribution in [1.82, 2.24) is 15.0 Å². The van der Waals surface area contributed by atoms with E-state index in [1.54, 1.807) is 0 Å². The zero-order valence-electron chi connectivity index (χ0n) is 10.4. The quantitative estimate of drug-likeness (QED) is 0.848. The van der Waals surface area contributed by atoms with Crippen molar-refractivity contribution in [2.24, 2.45) is 0 Å². The highest BCUT2D eigenvalue weighted by Crippen LogP contribution is 2.19. The van der Waals surface area contributed by atoms with Crippen LogP contribution < -0.4 is 15.4 Å². The van der Waals surface area contributed by atoms with E-state index in [2.05, 4.69) is 26.8 Å². The summed E-state index contributed by atoms with van der Waals surface area (Å²) in [6.07, 6.45) is 3.34. The number of nitrogens with zero attached hydrogens (tertiary/aromatic N) is 4. The third kappa shape index (κ3) is 2.95. The van der Waals surface area contributed by atoms with E-state index in [9.17, 15) is 0 Å². The van der Waals surface area contributed by atoms with Gasteiger partial charge in [0.25, 0.3) is 0 Å². The summed E-state index contributed by atoms with van der Waals surface area (Å²) in [6.45, 7) is 5.99. The van der Waals surface area contributed by atoms with Crippen molar-refractivity contribution in [2.45, 2.75) is 39.2 Å². The average Bonchev–Trinajstić information content (AvgIpc) is 2.81. The lowest BCUT2D eigenvalue weighted by Crippen LogP contribution is -2.22. The maximum Gasteiger partial charge on any atom is 0.323 e. The van der Waals surface area contributed by atoms with Gasteiger partial charge in [-0.3, -0.25) is 0 Å². The van der Waals surface area contributed by atoms with Crippen molar-refractivity contribution < 1.29 is 4.74 Å². The second-order valence-electron chi connectivity index (χ2n) is 4.31. The molecule has 2 heterocycles. The van der Waals surface area contributed by atoms with Crippen LogP contribution in [0.5, 0.6) is 6.01 Å². The van der Waals surface area contributed by atoms with Crippen LogP contribution in [0.15, 0.2) is 0 Å². The normalized spacial score (nSPS) is 17.2. The molecule has 6 heteroatoms. The molecule has 0 aliphatic carbocycles. The number of hydrogen-bond acceptors (Lipinski definition) is 6. The van der Waals surface area contributed by atoms with Crippen LogP contribution in [0.2, 0.25) is 0 Å². The summed E-state index contributed by atoms with van der Waals surface area (Å²) in [5, 5.41) is 0. The average molecular weight is 237 g/mol. The molecule has 1 aliphatic rings. The molecule has 1 unspecified atom stereocenters. The first kappa shape index (κ1) is 11.9. The molecule has 17 heavy (non-hydrogen) atoms. The summed E-state index contributed by atoms with van der Waals surface area (Å²) in [5.74, 6) is 0.855. The number of aromatic nitrogens is 3. The second-order valence-corrected chi connectivity index (χ2v) is 4.31. The van der Waals surface area contributed by atoms with Gasteiger partial charge in [0, 0.05) is 13.1 Å². The minimum absolute atomic E-state index is 0.0863. The van der Waals surface area contributed by atoms with Gasteiger partial charge in [0.15, 0.2) is 0 Å². The number of rotatable bonds is 4. The zero-order chi connectivity index (χ0) is 12.3. The van der Waals surface area contributed by atoms with Gasteiger partial charge in [0.2, 0.25) is 11.9 Å². The van der Waals surface area contributed by atoms with E-state index < -0.39 is 0 Å². The summed E-state index contributed by atoms with van der Waals surface area (Å²) in [5.41, 5.74) is 5.68. The fraction of sp³-hybridized carbons (Fsp3) is 0.727. The van der Waals surface area contributed by atoms with Gasteiger partial charge in [-0.25, -0.2) is 0 Å². The van der Waals surface area contributed by atoms with Crippen molar-refractivity contribution in [2.75, 3.05) is 23.7 Å². The third-order valence-corrected chi connectivity index (χ3v) is 2.89. The molecule has 0 saturated carbocycles. The summed E-state index contributed by atoms with van der Waals surface area (Å²) < 4.78 is 5.58. The molecule has 94 valence electrons. The van der Waals surface area contributed by atoms with Crippen molar-refractivity contribution in [3.8, 4) is 6.01 Å². The first-order valence-corrected chi connectivity index (χ1v) is 6.12. The Morgan fingerprint density at radius 1 is 1.29 bits per heavy atom. The molecule has 6 nitrogen and oxygen atoms in total. The van der Waals surface area contributed by atoms with Crippen LogP contribution >= 0.6 is 0 Å². The maximum absolute atomic E-state index is 5.68. The highest BCUT2D eigenvalue weighted by molar-refractivity contribution is 5.36. The molecule has 0 bridgehead atoms. The molecule has 2 N–H and O–H groups in total. The smallest absolute Gasteiger partial charge is 0.323 e. The van der Waals surface area contributed by atoms with Crippen molar-refractivity contribution in [3.63, 3.8) is 0 Å². The maximum atomic E-state index is 5.68. The Morgan fingerprint density at radius 2 is 2.00 bits per heavy atom. The van der Waals surface area contributed by atoms with Gasteiger partial charge in [-0.05, 0) is 26.2 Å². The molecule has 0 amide bonds. The van der Waals surface area contributed by atoms with Crippen LogP contribution in [0.3, 0.4) is 0 Å². The Bertz CT molecular complexity index is 378. The van der Waals surface area contributed by atoms with E-state index in [0.29, 0.717) is 12.0 Å². The first-order valence-electron chi connectivity index (χ1n) is 6.12. The lowest BCUT2D eigenvalue weighted by Gasteiger charge is -2.17. The molecule has 1 fully saturated rings. The zero-order valence-corrected chi connectivity index (χ0v) is 10.4. The minimum atomic E-state index is 0.0863. The van der Waals surface area contributed by atoms with Crippen molar-refractivity contribution >= 4 is 11.9 Å². The largest absolute Gasteiger partial charge is 0.460 e. The highest BCUT2D eigenvalue weighted by atomic mass is 16.5. The molecule has 0 aromatic carbocycles. The monoisotopic (exact) mass is 237 g/mol. The van der Waals surface area contributed by atoms with Crippen molar-refractivity contribution in [1.29, 1.82) is 0 Å². The Hall–Kier alpha value is -1.59. The number of nitrogens with two attached hydrogens (primary N) is 1. The number of anilines is 2. The predicted molar refractivity (Wildman–Crippen MR) is 66.1 cm³/mol. The Balaban J connectivity index is 2.16. The third-order valence-electron chi connectivity index (χ3n) is 2.89. The molecule has 1 saturated heterocycles. The Kier molecular flexibility index (Phi) is 3.61. The lowest BCUT2D eigenvalue weighted by atomic mass is 10.3. The number of nitrogen functional groups attached to an aromatic ring is 1. The fourth-order valence-corrected chi connectivity index (χ4v) is 1.74. The van der Waals surface area contributed by atoms with Gasteiger partial charge in [0.1, 0.15) is 0 Å². The molecule has 0 spiro atoms. The lowest BCUT2D eigenvalue weighted by molar-refractivity contribution is 0.199. The predicted octanol–water partition coefficient (Wildman–Crippen LogP) is 1.23. The SMILES string of the molecule is CCC(C)Oc1nc(N)nc(N2CCCC2)n1. The van der Waals surface area contributed by atoms with Gasteiger partial charge >= 0.3 is 6.01 Å². The van der Waals surface area contributed by atoms with Crippen LogP contribution in [-0.4, -0.2) is 34.1 Å². The van der Waals surface area contributed by atoms with Crippen LogP contribution in [0, 0.1) is 0 Å². The molecular formula is C11H19N5O. The standard InChI is InChI=1S/C11H19N5O/c1-3-8(2)17-11-14-9(12)13-10(15-11)16-6-4-5-7-16/h8H,3-7H2,1-2H3,(H2,12,13,14,15). The highest BCUT2D eigenvalue weighted by Gasteiger charge is 2.17. The van der Waals surface area contributed by atoms with Gasteiger partial charge in [-0.15, -0.1) is 0 Å². The molecular weight excluding hydrogens is 218 g/mol. The summed E-state index contributed by atoms with van der Waals surface area (Å²) in [7, 11) is 0. The number of hydrogen-bond donors (Lipinski definition) is 1. The topological polar surface area (TPSA) is 77.2 Å². The van der Waals surface area contributed by atoms with E-state index >= 15 is 0 Å².